The summed E-state index contributed by atoms with van der Waals surface area (Å²) in [5.74, 6) is -0.0445. The average molecular weight is 243 g/mol. The molecule has 1 aliphatic rings. The number of hydrogen-bond donors (Lipinski definition) is 0. The molecule has 5 heteroatoms. The molecule has 1 fully saturated rings. The van der Waals surface area contributed by atoms with Gasteiger partial charge >= 0.3 is 0 Å². The number of morpholine rings is 1. The zero-order valence-corrected chi connectivity index (χ0v) is 9.87. The van der Waals surface area contributed by atoms with Gasteiger partial charge in [0.2, 0.25) is 0 Å². The maximum Gasteiger partial charge on any atom is 0.273 e. The van der Waals surface area contributed by atoms with Crippen molar-refractivity contribution in [1.82, 2.24) is 14.9 Å². The van der Waals surface area contributed by atoms with Gasteiger partial charge in [-0.2, -0.15) is 0 Å². The fourth-order valence-electron chi connectivity index (χ4n) is 2.09. The van der Waals surface area contributed by atoms with Crippen molar-refractivity contribution in [2.75, 3.05) is 26.3 Å². The van der Waals surface area contributed by atoms with Crippen molar-refractivity contribution in [1.29, 1.82) is 0 Å². The van der Waals surface area contributed by atoms with E-state index >= 15 is 0 Å². The van der Waals surface area contributed by atoms with Crippen LogP contribution in [0.5, 0.6) is 0 Å². The molecule has 2 heterocycles. The van der Waals surface area contributed by atoms with E-state index in [-0.39, 0.29) is 5.91 Å². The number of amides is 1. The predicted molar refractivity (Wildman–Crippen MR) is 66.3 cm³/mol. The largest absolute Gasteiger partial charge is 0.378 e. The average Bonchev–Trinajstić information content (AvgIpc) is 2.47. The molecule has 1 aliphatic heterocycles. The van der Waals surface area contributed by atoms with Crippen LogP contribution in [0.15, 0.2) is 30.6 Å². The van der Waals surface area contributed by atoms with E-state index in [0.29, 0.717) is 32.0 Å². The topological polar surface area (TPSA) is 55.3 Å². The molecule has 0 saturated carbocycles. The number of nitrogens with zero attached hydrogens (tertiary/aromatic N) is 3. The van der Waals surface area contributed by atoms with Crippen LogP contribution in [-0.4, -0.2) is 47.1 Å². The van der Waals surface area contributed by atoms with Crippen molar-refractivity contribution in [3.63, 3.8) is 0 Å². The summed E-state index contributed by atoms with van der Waals surface area (Å²) in [4.78, 5) is 22.5. The number of fused-ring (bicyclic) bond motifs is 1. The van der Waals surface area contributed by atoms with Crippen LogP contribution in [0.2, 0.25) is 0 Å². The molecule has 1 amide bonds. The molecular weight excluding hydrogens is 230 g/mol. The third kappa shape index (κ3) is 1.93. The summed E-state index contributed by atoms with van der Waals surface area (Å²) in [6.45, 7) is 2.43. The van der Waals surface area contributed by atoms with Crippen molar-refractivity contribution in [3.05, 3.63) is 36.3 Å². The monoisotopic (exact) mass is 243 g/mol. The number of ether oxygens (including phenoxy) is 1. The van der Waals surface area contributed by atoms with E-state index in [0.717, 1.165) is 10.9 Å². The number of hydrogen-bond acceptors (Lipinski definition) is 4. The van der Waals surface area contributed by atoms with E-state index in [1.54, 1.807) is 4.90 Å². The third-order valence-electron chi connectivity index (χ3n) is 3.04. The molecular formula is C13H13N3O2. The normalized spacial score (nSPS) is 15.9. The zero-order valence-electron chi connectivity index (χ0n) is 9.87. The molecule has 1 aromatic carbocycles. The van der Waals surface area contributed by atoms with Crippen molar-refractivity contribution in [2.45, 2.75) is 0 Å². The Morgan fingerprint density at radius 3 is 2.78 bits per heavy atom. The quantitative estimate of drug-likeness (QED) is 0.752. The van der Waals surface area contributed by atoms with Gasteiger partial charge in [-0.05, 0) is 6.07 Å². The van der Waals surface area contributed by atoms with Gasteiger partial charge < -0.3 is 9.64 Å². The molecule has 1 saturated heterocycles. The van der Waals surface area contributed by atoms with Gasteiger partial charge in [-0.25, -0.2) is 9.97 Å². The summed E-state index contributed by atoms with van der Waals surface area (Å²) in [6, 6.07) is 7.55. The minimum absolute atomic E-state index is 0.0445. The van der Waals surface area contributed by atoms with E-state index in [4.69, 9.17) is 4.74 Å². The third-order valence-corrected chi connectivity index (χ3v) is 3.04. The van der Waals surface area contributed by atoms with Gasteiger partial charge in [0.15, 0.2) is 0 Å². The first-order valence-electron chi connectivity index (χ1n) is 5.93. The number of benzene rings is 1. The van der Waals surface area contributed by atoms with Crippen LogP contribution in [0.1, 0.15) is 10.5 Å². The second-order valence-electron chi connectivity index (χ2n) is 4.14. The Morgan fingerprint density at radius 2 is 1.94 bits per heavy atom. The van der Waals surface area contributed by atoms with E-state index < -0.39 is 0 Å². The van der Waals surface area contributed by atoms with E-state index in [2.05, 4.69) is 9.97 Å². The van der Waals surface area contributed by atoms with Gasteiger partial charge in [-0.15, -0.1) is 0 Å². The van der Waals surface area contributed by atoms with Crippen LogP contribution in [0, 0.1) is 0 Å². The summed E-state index contributed by atoms with van der Waals surface area (Å²) in [6.07, 6.45) is 1.44. The van der Waals surface area contributed by atoms with Gasteiger partial charge in [-0.3, -0.25) is 4.79 Å². The molecule has 0 N–H and O–H groups in total. The lowest BCUT2D eigenvalue weighted by molar-refractivity contribution is 0.0300. The standard InChI is InChI=1S/C13H13N3O2/c17-13(16-5-7-18-8-6-16)12-10-3-1-2-4-11(10)14-9-15-12/h1-4,9H,5-8H2. The molecule has 5 nitrogen and oxygen atoms in total. The summed E-state index contributed by atoms with van der Waals surface area (Å²) in [7, 11) is 0. The number of aromatic nitrogens is 2. The fraction of sp³-hybridized carbons (Fsp3) is 0.308. The molecule has 18 heavy (non-hydrogen) atoms. The van der Waals surface area contributed by atoms with Gasteiger partial charge in [0.05, 0.1) is 18.7 Å². The molecule has 0 unspecified atom stereocenters. The van der Waals surface area contributed by atoms with E-state index in [9.17, 15) is 4.79 Å². The summed E-state index contributed by atoms with van der Waals surface area (Å²) in [5, 5.41) is 0.802. The first-order valence-corrected chi connectivity index (χ1v) is 5.93. The Bertz CT molecular complexity index is 574. The zero-order chi connectivity index (χ0) is 12.4. The van der Waals surface area contributed by atoms with Crippen LogP contribution in [0.3, 0.4) is 0 Å². The Labute approximate surface area is 104 Å². The molecule has 3 rings (SSSR count). The summed E-state index contributed by atoms with van der Waals surface area (Å²) in [5.41, 5.74) is 1.27. The molecule has 0 bridgehead atoms. The number of carbonyl (C=O) groups is 1. The maximum atomic E-state index is 12.4. The Morgan fingerprint density at radius 1 is 1.17 bits per heavy atom. The first kappa shape index (κ1) is 11.1. The highest BCUT2D eigenvalue weighted by Gasteiger charge is 2.21. The van der Waals surface area contributed by atoms with Crippen molar-refractivity contribution < 1.29 is 9.53 Å². The molecule has 0 aliphatic carbocycles. The smallest absolute Gasteiger partial charge is 0.273 e. The van der Waals surface area contributed by atoms with Crippen LogP contribution < -0.4 is 0 Å². The predicted octanol–water partition coefficient (Wildman–Crippen LogP) is 1.10. The lowest BCUT2D eigenvalue weighted by Crippen LogP contribution is -2.41. The van der Waals surface area contributed by atoms with Crippen LogP contribution in [0.25, 0.3) is 10.9 Å². The number of carbonyl (C=O) groups excluding carboxylic acids is 1. The van der Waals surface area contributed by atoms with Crippen LogP contribution in [-0.2, 0) is 4.74 Å². The maximum absolute atomic E-state index is 12.4. The summed E-state index contributed by atoms with van der Waals surface area (Å²) < 4.78 is 5.25. The summed E-state index contributed by atoms with van der Waals surface area (Å²) >= 11 is 0. The van der Waals surface area contributed by atoms with Crippen molar-refractivity contribution in [3.8, 4) is 0 Å². The van der Waals surface area contributed by atoms with Crippen LogP contribution >= 0.6 is 0 Å². The molecule has 0 spiro atoms. The highest BCUT2D eigenvalue weighted by molar-refractivity contribution is 6.04. The van der Waals surface area contributed by atoms with E-state index in [1.807, 2.05) is 24.3 Å². The number of rotatable bonds is 1. The molecule has 0 radical (unpaired) electrons. The first-order chi connectivity index (χ1) is 8.86. The lowest BCUT2D eigenvalue weighted by atomic mass is 10.1. The lowest BCUT2D eigenvalue weighted by Gasteiger charge is -2.26. The molecule has 2 aromatic rings. The second kappa shape index (κ2) is 4.70. The molecule has 92 valence electrons. The van der Waals surface area contributed by atoms with Gasteiger partial charge in [0.25, 0.3) is 5.91 Å². The van der Waals surface area contributed by atoms with Gasteiger partial charge in [-0.1, -0.05) is 18.2 Å². The van der Waals surface area contributed by atoms with Crippen molar-refractivity contribution >= 4 is 16.8 Å². The Kier molecular flexibility index (Phi) is 2.90. The Balaban J connectivity index is 2.00. The molecule has 0 atom stereocenters. The molecule has 1 aromatic heterocycles. The minimum atomic E-state index is -0.0445. The van der Waals surface area contributed by atoms with E-state index in [1.165, 1.54) is 6.33 Å². The SMILES string of the molecule is O=C(c1ncnc2ccccc12)N1CCOCC1. The van der Waals surface area contributed by atoms with Gasteiger partial charge in [0.1, 0.15) is 12.0 Å². The second-order valence-corrected chi connectivity index (χ2v) is 4.14. The fourth-order valence-corrected chi connectivity index (χ4v) is 2.09. The minimum Gasteiger partial charge on any atom is -0.378 e. The van der Waals surface area contributed by atoms with Crippen molar-refractivity contribution in [2.24, 2.45) is 0 Å². The highest BCUT2D eigenvalue weighted by Crippen LogP contribution is 2.16. The number of para-hydroxylation sites is 1. The van der Waals surface area contributed by atoms with Crippen LogP contribution in [0.4, 0.5) is 0 Å². The Hall–Kier alpha value is -2.01. The highest BCUT2D eigenvalue weighted by atomic mass is 16.5. The van der Waals surface area contributed by atoms with Gasteiger partial charge in [0, 0.05) is 18.5 Å².